The molecule has 0 N–H and O–H groups in total. The van der Waals surface area contributed by atoms with Gasteiger partial charge in [-0.2, -0.15) is 5.26 Å². The van der Waals surface area contributed by atoms with E-state index in [1.807, 2.05) is 0 Å². The first-order chi connectivity index (χ1) is 7.55. The van der Waals surface area contributed by atoms with Gasteiger partial charge in [0.25, 0.3) is 0 Å². The summed E-state index contributed by atoms with van der Waals surface area (Å²) in [7, 11) is 0. The number of nitriles is 1. The minimum atomic E-state index is 0.248. The largest absolute Gasteiger partial charge is 0.198 e. The van der Waals surface area contributed by atoms with Gasteiger partial charge in [0.05, 0.1) is 6.07 Å². The van der Waals surface area contributed by atoms with E-state index in [1.165, 1.54) is 38.5 Å². The molecule has 0 aromatic rings. The van der Waals surface area contributed by atoms with Crippen LogP contribution in [0.15, 0.2) is 0 Å². The Morgan fingerprint density at radius 2 is 1.50 bits per heavy atom. The summed E-state index contributed by atoms with van der Waals surface area (Å²) < 4.78 is 0. The molecule has 16 heavy (non-hydrogen) atoms. The molecule has 0 aliphatic heterocycles. The van der Waals surface area contributed by atoms with Crippen molar-refractivity contribution in [3.8, 4) is 6.07 Å². The SMILES string of the molecule is CC(C)(CC#N)C12CC3CC(CC(C3)C1)C2. The Balaban J connectivity index is 1.91. The second-order valence-corrected chi connectivity index (χ2v) is 7.42. The van der Waals surface area contributed by atoms with E-state index in [2.05, 4.69) is 19.9 Å². The van der Waals surface area contributed by atoms with Crippen molar-refractivity contribution in [1.82, 2.24) is 0 Å². The lowest BCUT2D eigenvalue weighted by atomic mass is 9.43. The van der Waals surface area contributed by atoms with Crippen molar-refractivity contribution in [3.63, 3.8) is 0 Å². The number of hydrogen-bond acceptors (Lipinski definition) is 1. The fourth-order valence-corrected chi connectivity index (χ4v) is 5.32. The molecule has 0 aromatic carbocycles. The molecule has 4 aliphatic carbocycles. The van der Waals surface area contributed by atoms with Gasteiger partial charge in [0.1, 0.15) is 0 Å². The van der Waals surface area contributed by atoms with E-state index in [0.717, 1.165) is 24.2 Å². The Hall–Kier alpha value is -0.510. The maximum atomic E-state index is 9.05. The average molecular weight is 217 g/mol. The minimum Gasteiger partial charge on any atom is -0.198 e. The Bertz CT molecular complexity index is 299. The highest BCUT2D eigenvalue weighted by atomic mass is 14.6. The van der Waals surface area contributed by atoms with Gasteiger partial charge >= 0.3 is 0 Å². The molecule has 0 heterocycles. The zero-order chi connectivity index (χ0) is 11.4. The highest BCUT2D eigenvalue weighted by molar-refractivity contribution is 5.08. The molecular weight excluding hydrogens is 194 g/mol. The van der Waals surface area contributed by atoms with Gasteiger partial charge in [-0.25, -0.2) is 0 Å². The molecule has 0 amide bonds. The zero-order valence-electron chi connectivity index (χ0n) is 10.6. The van der Waals surface area contributed by atoms with Gasteiger partial charge in [0.2, 0.25) is 0 Å². The Morgan fingerprint density at radius 1 is 1.06 bits per heavy atom. The molecule has 88 valence electrons. The lowest BCUT2D eigenvalue weighted by Gasteiger charge is -2.62. The third kappa shape index (κ3) is 1.35. The van der Waals surface area contributed by atoms with E-state index in [1.54, 1.807) is 0 Å². The summed E-state index contributed by atoms with van der Waals surface area (Å²) in [6.45, 7) is 4.70. The van der Waals surface area contributed by atoms with Crippen LogP contribution in [-0.2, 0) is 0 Å². The van der Waals surface area contributed by atoms with Gasteiger partial charge in [-0.15, -0.1) is 0 Å². The van der Waals surface area contributed by atoms with Crippen molar-refractivity contribution >= 4 is 0 Å². The fourth-order valence-electron chi connectivity index (χ4n) is 5.32. The molecule has 0 radical (unpaired) electrons. The monoisotopic (exact) mass is 217 g/mol. The van der Waals surface area contributed by atoms with Crippen molar-refractivity contribution in [2.24, 2.45) is 28.6 Å². The molecular formula is C15H23N. The van der Waals surface area contributed by atoms with E-state index < -0.39 is 0 Å². The van der Waals surface area contributed by atoms with Gasteiger partial charge in [-0.1, -0.05) is 13.8 Å². The van der Waals surface area contributed by atoms with Crippen LogP contribution in [0.2, 0.25) is 0 Å². The molecule has 4 bridgehead atoms. The maximum absolute atomic E-state index is 9.05. The van der Waals surface area contributed by atoms with Crippen molar-refractivity contribution < 1.29 is 0 Å². The molecule has 4 fully saturated rings. The third-order valence-electron chi connectivity index (χ3n) is 5.99. The highest BCUT2D eigenvalue weighted by Gasteiger charge is 2.56. The summed E-state index contributed by atoms with van der Waals surface area (Å²) in [6, 6.07) is 2.43. The van der Waals surface area contributed by atoms with Crippen LogP contribution in [0.5, 0.6) is 0 Å². The molecule has 0 saturated heterocycles. The van der Waals surface area contributed by atoms with Crippen LogP contribution < -0.4 is 0 Å². The van der Waals surface area contributed by atoms with Crippen molar-refractivity contribution in [3.05, 3.63) is 0 Å². The first kappa shape index (κ1) is 10.6. The summed E-state index contributed by atoms with van der Waals surface area (Å²) >= 11 is 0. The van der Waals surface area contributed by atoms with E-state index in [9.17, 15) is 0 Å². The molecule has 0 aromatic heterocycles. The second kappa shape index (κ2) is 3.25. The lowest BCUT2D eigenvalue weighted by molar-refractivity contribution is -0.118. The quantitative estimate of drug-likeness (QED) is 0.682. The normalized spacial score (nSPS) is 45.7. The van der Waals surface area contributed by atoms with Crippen molar-refractivity contribution in [2.75, 3.05) is 0 Å². The Kier molecular flexibility index (Phi) is 2.16. The highest BCUT2D eigenvalue weighted by Crippen LogP contribution is 2.66. The standard InChI is InChI=1S/C15H23N/c1-14(2,3-4-16)15-8-11-5-12(9-15)7-13(6-11)10-15/h11-13H,3,5-10H2,1-2H3. The smallest absolute Gasteiger partial charge is 0.0627 e. The van der Waals surface area contributed by atoms with E-state index in [0.29, 0.717) is 5.41 Å². The Morgan fingerprint density at radius 3 is 1.88 bits per heavy atom. The first-order valence-electron chi connectivity index (χ1n) is 6.92. The molecule has 4 aliphatic rings. The van der Waals surface area contributed by atoms with Gasteiger partial charge in [0, 0.05) is 6.42 Å². The predicted octanol–water partition coefficient (Wildman–Crippen LogP) is 4.14. The molecule has 1 heteroatoms. The van der Waals surface area contributed by atoms with E-state index in [-0.39, 0.29) is 5.41 Å². The molecule has 0 unspecified atom stereocenters. The van der Waals surface area contributed by atoms with Crippen LogP contribution in [0, 0.1) is 39.9 Å². The van der Waals surface area contributed by atoms with Crippen molar-refractivity contribution in [1.29, 1.82) is 5.26 Å². The maximum Gasteiger partial charge on any atom is 0.0627 e. The van der Waals surface area contributed by atoms with Gasteiger partial charge < -0.3 is 0 Å². The summed E-state index contributed by atoms with van der Waals surface area (Å²) in [5.74, 6) is 3.01. The second-order valence-electron chi connectivity index (χ2n) is 7.42. The van der Waals surface area contributed by atoms with Crippen LogP contribution in [-0.4, -0.2) is 0 Å². The van der Waals surface area contributed by atoms with Crippen molar-refractivity contribution in [2.45, 2.75) is 58.8 Å². The molecule has 1 nitrogen and oxygen atoms in total. The average Bonchev–Trinajstić information content (AvgIpc) is 2.14. The van der Waals surface area contributed by atoms with E-state index >= 15 is 0 Å². The zero-order valence-corrected chi connectivity index (χ0v) is 10.6. The van der Waals surface area contributed by atoms with Crippen LogP contribution in [0.3, 0.4) is 0 Å². The molecule has 0 spiro atoms. The third-order valence-corrected chi connectivity index (χ3v) is 5.99. The van der Waals surface area contributed by atoms with Crippen LogP contribution in [0.4, 0.5) is 0 Å². The summed E-state index contributed by atoms with van der Waals surface area (Å²) in [6.07, 6.45) is 9.53. The first-order valence-corrected chi connectivity index (χ1v) is 6.92. The van der Waals surface area contributed by atoms with Gasteiger partial charge in [-0.3, -0.25) is 0 Å². The number of nitrogens with zero attached hydrogens (tertiary/aromatic N) is 1. The molecule has 4 saturated carbocycles. The van der Waals surface area contributed by atoms with Crippen LogP contribution >= 0.6 is 0 Å². The lowest BCUT2D eigenvalue weighted by Crippen LogP contribution is -2.52. The summed E-state index contributed by atoms with van der Waals surface area (Å²) in [5.41, 5.74) is 0.773. The number of hydrogen-bond donors (Lipinski definition) is 0. The summed E-state index contributed by atoms with van der Waals surface area (Å²) in [5, 5.41) is 9.05. The summed E-state index contributed by atoms with van der Waals surface area (Å²) in [4.78, 5) is 0. The van der Waals surface area contributed by atoms with Gasteiger partial charge in [0.15, 0.2) is 0 Å². The van der Waals surface area contributed by atoms with Gasteiger partial charge in [-0.05, 0) is 67.1 Å². The topological polar surface area (TPSA) is 23.8 Å². The number of rotatable bonds is 2. The van der Waals surface area contributed by atoms with Crippen LogP contribution in [0.25, 0.3) is 0 Å². The molecule has 4 rings (SSSR count). The predicted molar refractivity (Wildman–Crippen MR) is 64.6 cm³/mol. The van der Waals surface area contributed by atoms with Crippen LogP contribution in [0.1, 0.15) is 58.8 Å². The van der Waals surface area contributed by atoms with E-state index in [4.69, 9.17) is 5.26 Å². The fraction of sp³-hybridized carbons (Fsp3) is 0.933. The Labute approximate surface area is 99.2 Å². The minimum absolute atomic E-state index is 0.248. The molecule has 0 atom stereocenters.